The number of benzene rings is 2. The third-order valence-corrected chi connectivity index (χ3v) is 6.77. The molecule has 0 spiro atoms. The molecule has 7 nitrogen and oxygen atoms in total. The minimum absolute atomic E-state index is 0.718. The van der Waals surface area contributed by atoms with Crippen molar-refractivity contribution in [1.29, 1.82) is 0 Å². The number of ether oxygens (including phenoxy) is 1. The standard InChI is InChI=1S/C28H34N6O/c1-5-33(6-2)17-21-11-24(13-25(12-21)35-4)34(18-20-7-8-20)23-9-10-26-27(14-23)31-28(16-29-26)22-15-30-32(3)19-22/h9-16,19-20H,5-8,17-18H2,1-4H3. The van der Waals surface area contributed by atoms with E-state index in [1.807, 2.05) is 25.6 Å². The molecule has 35 heavy (non-hydrogen) atoms. The zero-order valence-electron chi connectivity index (χ0n) is 21.1. The van der Waals surface area contributed by atoms with Gasteiger partial charge in [0.1, 0.15) is 5.75 Å². The Bertz CT molecular complexity index is 1310. The van der Waals surface area contributed by atoms with Gasteiger partial charge in [0.05, 0.1) is 36.2 Å². The summed E-state index contributed by atoms with van der Waals surface area (Å²) in [4.78, 5) is 14.4. The van der Waals surface area contributed by atoms with Gasteiger partial charge in [0.25, 0.3) is 0 Å². The molecular weight excluding hydrogens is 436 g/mol. The molecule has 2 aromatic heterocycles. The summed E-state index contributed by atoms with van der Waals surface area (Å²) in [6.45, 7) is 8.36. The normalized spacial score (nSPS) is 13.5. The van der Waals surface area contributed by atoms with Crippen molar-refractivity contribution in [2.45, 2.75) is 33.2 Å². The molecule has 1 fully saturated rings. The molecule has 0 unspecified atom stereocenters. The van der Waals surface area contributed by atoms with Crippen molar-refractivity contribution < 1.29 is 4.74 Å². The molecule has 1 aliphatic carbocycles. The fraction of sp³-hybridized carbons (Fsp3) is 0.393. The first-order valence-corrected chi connectivity index (χ1v) is 12.5. The highest BCUT2D eigenvalue weighted by molar-refractivity contribution is 5.82. The van der Waals surface area contributed by atoms with Crippen LogP contribution >= 0.6 is 0 Å². The van der Waals surface area contributed by atoms with E-state index in [0.717, 1.165) is 71.5 Å². The van der Waals surface area contributed by atoms with Crippen LogP contribution in [-0.4, -0.2) is 51.4 Å². The van der Waals surface area contributed by atoms with Crippen molar-refractivity contribution >= 4 is 22.4 Å². The van der Waals surface area contributed by atoms with Crippen LogP contribution in [0.15, 0.2) is 55.0 Å². The second kappa shape index (κ2) is 10.0. The first kappa shape index (κ1) is 23.3. The number of methoxy groups -OCH3 is 1. The summed E-state index contributed by atoms with van der Waals surface area (Å²) >= 11 is 0. The minimum atomic E-state index is 0.718. The number of aryl methyl sites for hydroxylation is 1. The van der Waals surface area contributed by atoms with Gasteiger partial charge in [0.2, 0.25) is 0 Å². The first-order valence-electron chi connectivity index (χ1n) is 12.5. The predicted octanol–water partition coefficient (Wildman–Crippen LogP) is 5.43. The van der Waals surface area contributed by atoms with E-state index < -0.39 is 0 Å². The number of nitrogens with zero attached hydrogens (tertiary/aromatic N) is 6. The van der Waals surface area contributed by atoms with Crippen molar-refractivity contribution in [2.24, 2.45) is 13.0 Å². The molecule has 0 bridgehead atoms. The van der Waals surface area contributed by atoms with Crippen LogP contribution in [0.25, 0.3) is 22.3 Å². The van der Waals surface area contributed by atoms with Crippen LogP contribution in [0.5, 0.6) is 5.75 Å². The lowest BCUT2D eigenvalue weighted by Gasteiger charge is -2.27. The van der Waals surface area contributed by atoms with E-state index in [2.05, 4.69) is 70.1 Å². The van der Waals surface area contributed by atoms with Crippen molar-refractivity contribution in [2.75, 3.05) is 31.6 Å². The fourth-order valence-electron chi connectivity index (χ4n) is 4.49. The Balaban J connectivity index is 1.54. The number of hydrogen-bond acceptors (Lipinski definition) is 6. The second-order valence-corrected chi connectivity index (χ2v) is 9.39. The highest BCUT2D eigenvalue weighted by Gasteiger charge is 2.26. The van der Waals surface area contributed by atoms with Crippen LogP contribution in [0, 0.1) is 5.92 Å². The topological polar surface area (TPSA) is 59.3 Å². The number of aromatic nitrogens is 4. The number of hydrogen-bond donors (Lipinski definition) is 0. The lowest BCUT2D eigenvalue weighted by molar-refractivity contribution is 0.295. The molecule has 0 atom stereocenters. The van der Waals surface area contributed by atoms with Gasteiger partial charge in [-0.05, 0) is 67.7 Å². The van der Waals surface area contributed by atoms with Crippen molar-refractivity contribution in [3.05, 3.63) is 60.6 Å². The van der Waals surface area contributed by atoms with Crippen LogP contribution in [0.2, 0.25) is 0 Å². The van der Waals surface area contributed by atoms with E-state index in [1.165, 1.54) is 18.4 Å². The van der Waals surface area contributed by atoms with Crippen LogP contribution in [0.1, 0.15) is 32.3 Å². The van der Waals surface area contributed by atoms with Crippen molar-refractivity contribution in [1.82, 2.24) is 24.6 Å². The van der Waals surface area contributed by atoms with E-state index in [0.29, 0.717) is 0 Å². The average molecular weight is 471 g/mol. The molecule has 182 valence electrons. The summed E-state index contributed by atoms with van der Waals surface area (Å²) in [5, 5.41) is 4.28. The summed E-state index contributed by atoms with van der Waals surface area (Å²) < 4.78 is 7.50. The van der Waals surface area contributed by atoms with Gasteiger partial charge >= 0.3 is 0 Å². The molecule has 0 amide bonds. The summed E-state index contributed by atoms with van der Waals surface area (Å²) in [7, 11) is 3.66. The zero-order chi connectivity index (χ0) is 24.4. The third kappa shape index (κ3) is 5.30. The Hall–Kier alpha value is -3.45. The molecule has 2 heterocycles. The van der Waals surface area contributed by atoms with Gasteiger partial charge in [-0.25, -0.2) is 4.98 Å². The second-order valence-electron chi connectivity index (χ2n) is 9.39. The Morgan fingerprint density at radius 2 is 1.83 bits per heavy atom. The van der Waals surface area contributed by atoms with Crippen LogP contribution in [0.4, 0.5) is 11.4 Å². The smallest absolute Gasteiger partial charge is 0.121 e. The van der Waals surface area contributed by atoms with Crippen molar-refractivity contribution in [3.63, 3.8) is 0 Å². The maximum atomic E-state index is 5.71. The predicted molar refractivity (Wildman–Crippen MR) is 141 cm³/mol. The Morgan fingerprint density at radius 3 is 2.51 bits per heavy atom. The summed E-state index contributed by atoms with van der Waals surface area (Å²) in [6.07, 6.45) is 8.18. The van der Waals surface area contributed by atoms with Crippen LogP contribution < -0.4 is 9.64 Å². The van der Waals surface area contributed by atoms with E-state index in [9.17, 15) is 0 Å². The molecule has 1 aliphatic rings. The minimum Gasteiger partial charge on any atom is -0.497 e. The van der Waals surface area contributed by atoms with Gasteiger partial charge in [-0.1, -0.05) is 13.8 Å². The number of rotatable bonds is 10. The van der Waals surface area contributed by atoms with Gasteiger partial charge in [-0.2, -0.15) is 5.10 Å². The molecule has 7 heteroatoms. The maximum Gasteiger partial charge on any atom is 0.121 e. The van der Waals surface area contributed by atoms with Gasteiger partial charge in [-0.15, -0.1) is 0 Å². The van der Waals surface area contributed by atoms with Crippen LogP contribution in [-0.2, 0) is 13.6 Å². The molecule has 4 aromatic rings. The Labute approximate surface area is 207 Å². The Kier molecular flexibility index (Phi) is 6.68. The quantitative estimate of drug-likeness (QED) is 0.308. The van der Waals surface area contributed by atoms with Gasteiger partial charge < -0.3 is 9.64 Å². The van der Waals surface area contributed by atoms with E-state index in [-0.39, 0.29) is 0 Å². The number of anilines is 2. The molecule has 0 N–H and O–H groups in total. The molecule has 5 rings (SSSR count). The van der Waals surface area contributed by atoms with E-state index >= 15 is 0 Å². The lowest BCUT2D eigenvalue weighted by atomic mass is 10.1. The molecule has 0 aliphatic heterocycles. The highest BCUT2D eigenvalue weighted by atomic mass is 16.5. The summed E-state index contributed by atoms with van der Waals surface area (Å²) in [5.74, 6) is 1.61. The Morgan fingerprint density at radius 1 is 1.00 bits per heavy atom. The molecule has 0 saturated heterocycles. The average Bonchev–Trinajstić information content (AvgIpc) is 3.61. The highest BCUT2D eigenvalue weighted by Crippen LogP contribution is 2.37. The van der Waals surface area contributed by atoms with E-state index in [1.54, 1.807) is 11.8 Å². The lowest BCUT2D eigenvalue weighted by Crippen LogP contribution is -2.23. The van der Waals surface area contributed by atoms with Crippen LogP contribution in [0.3, 0.4) is 0 Å². The van der Waals surface area contributed by atoms with Gasteiger partial charge in [-0.3, -0.25) is 14.6 Å². The van der Waals surface area contributed by atoms with Gasteiger partial charge in [0.15, 0.2) is 0 Å². The summed E-state index contributed by atoms with van der Waals surface area (Å²) in [6, 6.07) is 13.0. The monoisotopic (exact) mass is 470 g/mol. The molecule has 2 aromatic carbocycles. The molecule has 1 saturated carbocycles. The molecular formula is C28H34N6O. The number of fused-ring (bicyclic) bond motifs is 1. The molecule has 0 radical (unpaired) electrons. The fourth-order valence-corrected chi connectivity index (χ4v) is 4.49. The zero-order valence-corrected chi connectivity index (χ0v) is 21.1. The SMILES string of the molecule is CCN(CC)Cc1cc(OC)cc(N(CC2CC2)c2ccc3ncc(-c4cnn(C)c4)nc3c2)c1. The first-order chi connectivity index (χ1) is 17.1. The van der Waals surface area contributed by atoms with E-state index in [4.69, 9.17) is 9.72 Å². The van der Waals surface area contributed by atoms with Gasteiger partial charge in [0, 0.05) is 49.3 Å². The summed E-state index contributed by atoms with van der Waals surface area (Å²) in [5.41, 5.74) is 7.13. The largest absolute Gasteiger partial charge is 0.497 e. The van der Waals surface area contributed by atoms with Crippen molar-refractivity contribution in [3.8, 4) is 17.0 Å². The third-order valence-electron chi connectivity index (χ3n) is 6.77. The maximum absolute atomic E-state index is 5.71.